The van der Waals surface area contributed by atoms with Crippen LogP contribution in [-0.2, 0) is 26.0 Å². The molecule has 1 atom stereocenters. The van der Waals surface area contributed by atoms with Crippen molar-refractivity contribution >= 4 is 27.5 Å². The number of hydrogen-bond acceptors (Lipinski definition) is 4. The van der Waals surface area contributed by atoms with E-state index >= 15 is 0 Å². The second-order valence-electron chi connectivity index (χ2n) is 6.27. The van der Waals surface area contributed by atoms with Crippen LogP contribution in [0.2, 0.25) is 0 Å². The van der Waals surface area contributed by atoms with Crippen LogP contribution >= 0.6 is 0 Å². The van der Waals surface area contributed by atoms with Crippen molar-refractivity contribution < 1.29 is 22.4 Å². The van der Waals surface area contributed by atoms with E-state index in [4.69, 9.17) is 5.14 Å². The highest BCUT2D eigenvalue weighted by atomic mass is 32.2. The number of nitrogens with two attached hydrogens (primary N) is 1. The predicted molar refractivity (Wildman–Crippen MR) is 96.9 cm³/mol. The third kappa shape index (κ3) is 4.50. The molecule has 1 heterocycles. The second kappa shape index (κ2) is 7.45. The van der Waals surface area contributed by atoms with E-state index in [9.17, 15) is 22.4 Å². The fourth-order valence-corrected chi connectivity index (χ4v) is 3.49. The zero-order valence-corrected chi connectivity index (χ0v) is 15.1. The monoisotopic (exact) mass is 391 g/mol. The summed E-state index contributed by atoms with van der Waals surface area (Å²) in [7, 11) is -3.74. The Morgan fingerprint density at radius 3 is 2.59 bits per heavy atom. The van der Waals surface area contributed by atoms with E-state index in [2.05, 4.69) is 10.6 Å². The van der Waals surface area contributed by atoms with Crippen LogP contribution in [0.5, 0.6) is 0 Å². The maximum atomic E-state index is 13.3. The molecule has 27 heavy (non-hydrogen) atoms. The first-order chi connectivity index (χ1) is 12.7. The summed E-state index contributed by atoms with van der Waals surface area (Å²) in [5, 5.41) is 10.4. The van der Waals surface area contributed by atoms with E-state index in [0.29, 0.717) is 24.2 Å². The van der Waals surface area contributed by atoms with E-state index in [0.717, 1.165) is 5.56 Å². The minimum atomic E-state index is -3.74. The van der Waals surface area contributed by atoms with Crippen molar-refractivity contribution in [3.63, 3.8) is 0 Å². The van der Waals surface area contributed by atoms with Crippen LogP contribution in [0.15, 0.2) is 47.4 Å². The molecule has 0 aliphatic carbocycles. The van der Waals surface area contributed by atoms with Crippen molar-refractivity contribution in [3.8, 4) is 0 Å². The lowest BCUT2D eigenvalue weighted by Gasteiger charge is -2.24. The van der Waals surface area contributed by atoms with E-state index in [1.807, 2.05) is 0 Å². The molecule has 3 rings (SSSR count). The molecule has 1 aliphatic heterocycles. The second-order valence-corrected chi connectivity index (χ2v) is 7.83. The molecular weight excluding hydrogens is 373 g/mol. The third-order valence-corrected chi connectivity index (χ3v) is 5.26. The number of halogens is 1. The molecule has 0 radical (unpaired) electrons. The molecule has 0 bridgehead atoms. The number of anilines is 1. The summed E-state index contributed by atoms with van der Waals surface area (Å²) in [5.74, 6) is -1.83. The van der Waals surface area contributed by atoms with Gasteiger partial charge in [0, 0.05) is 18.7 Å². The number of benzene rings is 2. The Hall–Kier alpha value is -2.78. The number of sulfonamides is 1. The van der Waals surface area contributed by atoms with Crippen molar-refractivity contribution in [2.45, 2.75) is 23.7 Å². The van der Waals surface area contributed by atoms with Gasteiger partial charge in [-0.2, -0.15) is 0 Å². The number of hydrogen-bond donors (Lipinski definition) is 3. The van der Waals surface area contributed by atoms with Gasteiger partial charge >= 0.3 is 0 Å². The maximum Gasteiger partial charge on any atom is 0.238 e. The molecular formula is C18H18FN3O4S. The van der Waals surface area contributed by atoms with Gasteiger partial charge in [-0.25, -0.2) is 17.9 Å². The third-order valence-electron chi connectivity index (χ3n) is 4.34. The summed E-state index contributed by atoms with van der Waals surface area (Å²) in [4.78, 5) is 24.3. The van der Waals surface area contributed by atoms with Crippen LogP contribution in [0.25, 0.3) is 0 Å². The van der Waals surface area contributed by atoms with Gasteiger partial charge in [-0.15, -0.1) is 0 Å². The highest BCUT2D eigenvalue weighted by Gasteiger charge is 2.30. The first kappa shape index (κ1) is 19.0. The van der Waals surface area contributed by atoms with Gasteiger partial charge < -0.3 is 10.6 Å². The lowest BCUT2D eigenvalue weighted by atomic mass is 9.89. The minimum Gasteiger partial charge on any atom is -0.355 e. The first-order valence-electron chi connectivity index (χ1n) is 8.23. The molecule has 0 saturated heterocycles. The highest BCUT2D eigenvalue weighted by molar-refractivity contribution is 7.89. The average molecular weight is 391 g/mol. The van der Waals surface area contributed by atoms with Gasteiger partial charge in [-0.3, -0.25) is 9.59 Å². The zero-order chi connectivity index (χ0) is 19.6. The smallest absolute Gasteiger partial charge is 0.238 e. The summed E-state index contributed by atoms with van der Waals surface area (Å²) in [6, 6.07) is 10.0. The van der Waals surface area contributed by atoms with Gasteiger partial charge in [-0.1, -0.05) is 18.2 Å². The summed E-state index contributed by atoms with van der Waals surface area (Å²) >= 11 is 0. The topological polar surface area (TPSA) is 118 Å². The van der Waals surface area contributed by atoms with Gasteiger partial charge in [-0.05, 0) is 41.8 Å². The molecule has 1 aliphatic rings. The number of carbonyl (C=O) groups excluding carboxylic acids is 2. The Balaban J connectivity index is 1.62. The van der Waals surface area contributed by atoms with Gasteiger partial charge in [0.1, 0.15) is 5.82 Å². The van der Waals surface area contributed by atoms with Crippen molar-refractivity contribution in [1.82, 2.24) is 5.32 Å². The fraction of sp³-hybridized carbons (Fsp3) is 0.222. The number of primary sulfonamides is 1. The van der Waals surface area contributed by atoms with Crippen LogP contribution in [0.3, 0.4) is 0 Å². The van der Waals surface area contributed by atoms with Gasteiger partial charge in [0.15, 0.2) is 0 Å². The van der Waals surface area contributed by atoms with Crippen molar-refractivity contribution in [2.75, 3.05) is 11.9 Å². The van der Waals surface area contributed by atoms with Crippen molar-refractivity contribution in [1.29, 1.82) is 0 Å². The van der Waals surface area contributed by atoms with Crippen LogP contribution in [0, 0.1) is 5.82 Å². The van der Waals surface area contributed by atoms with E-state index < -0.39 is 21.8 Å². The summed E-state index contributed by atoms with van der Waals surface area (Å²) in [6.45, 7) is 0.308. The predicted octanol–water partition coefficient (Wildman–Crippen LogP) is 1.26. The lowest BCUT2D eigenvalue weighted by molar-refractivity contribution is -0.126. The van der Waals surface area contributed by atoms with Gasteiger partial charge in [0.25, 0.3) is 0 Å². The Morgan fingerprint density at radius 1 is 1.22 bits per heavy atom. The largest absolute Gasteiger partial charge is 0.355 e. The van der Waals surface area contributed by atoms with Gasteiger partial charge in [0.2, 0.25) is 21.8 Å². The molecule has 7 nitrogen and oxygen atoms in total. The molecule has 0 fully saturated rings. The summed E-state index contributed by atoms with van der Waals surface area (Å²) in [6.07, 6.45) is 0.472. The number of fused-ring (bicyclic) bond motifs is 1. The fourth-order valence-electron chi connectivity index (χ4n) is 2.97. The molecule has 0 aromatic heterocycles. The van der Waals surface area contributed by atoms with Crippen LogP contribution in [-0.4, -0.2) is 26.8 Å². The molecule has 0 unspecified atom stereocenters. The lowest BCUT2D eigenvalue weighted by Crippen LogP contribution is -2.36. The Bertz CT molecular complexity index is 990. The number of nitrogens with one attached hydrogen (secondary N) is 2. The summed E-state index contributed by atoms with van der Waals surface area (Å²) < 4.78 is 35.8. The molecule has 0 spiro atoms. The molecule has 2 aromatic rings. The van der Waals surface area contributed by atoms with Crippen molar-refractivity contribution in [3.05, 3.63) is 59.4 Å². The first-order valence-corrected chi connectivity index (χ1v) is 9.77. The Morgan fingerprint density at radius 2 is 1.93 bits per heavy atom. The molecule has 0 saturated carbocycles. The van der Waals surface area contributed by atoms with E-state index in [1.165, 1.54) is 30.3 Å². The van der Waals surface area contributed by atoms with Gasteiger partial charge in [0.05, 0.1) is 10.8 Å². The van der Waals surface area contributed by atoms with E-state index in [-0.39, 0.29) is 23.1 Å². The maximum absolute atomic E-state index is 13.3. The Kier molecular flexibility index (Phi) is 5.24. The molecule has 9 heteroatoms. The SMILES string of the molecule is NS(=O)(=O)c1ccc(CCNC(=O)[C@@H]2CC(=O)Nc3cc(F)ccc32)cc1. The van der Waals surface area contributed by atoms with E-state index in [1.54, 1.807) is 12.1 Å². The molecule has 142 valence electrons. The van der Waals surface area contributed by atoms with Crippen LogP contribution < -0.4 is 15.8 Å². The molecule has 2 aromatic carbocycles. The zero-order valence-electron chi connectivity index (χ0n) is 14.2. The standard InChI is InChI=1S/C18H18FN3O4S/c19-12-3-6-14-15(10-17(23)22-16(14)9-12)18(24)21-8-7-11-1-4-13(5-2-11)27(20,25)26/h1-6,9,15H,7-8,10H2,(H,21,24)(H,22,23)(H2,20,25,26)/t15-/m1/s1. The normalized spacial score (nSPS) is 16.4. The number of amides is 2. The van der Waals surface area contributed by atoms with Crippen molar-refractivity contribution in [2.24, 2.45) is 5.14 Å². The quantitative estimate of drug-likeness (QED) is 0.711. The molecule has 2 amide bonds. The van der Waals surface area contributed by atoms with Crippen LogP contribution in [0.4, 0.5) is 10.1 Å². The highest BCUT2D eigenvalue weighted by Crippen LogP contribution is 2.32. The van der Waals surface area contributed by atoms with Crippen LogP contribution in [0.1, 0.15) is 23.5 Å². The minimum absolute atomic E-state index is 0.00643. The summed E-state index contributed by atoms with van der Waals surface area (Å²) in [5.41, 5.74) is 1.71. The number of rotatable bonds is 5. The average Bonchev–Trinajstić information content (AvgIpc) is 2.60. The number of carbonyl (C=O) groups is 2. The Labute approximate surface area is 155 Å². The molecule has 4 N–H and O–H groups in total.